The Kier molecular flexibility index (Phi) is 15.8. The van der Waals surface area contributed by atoms with Crippen molar-refractivity contribution in [1.82, 2.24) is 16.0 Å². The van der Waals surface area contributed by atoms with Crippen molar-refractivity contribution < 1.29 is 62.7 Å². The van der Waals surface area contributed by atoms with E-state index in [4.69, 9.17) is 19.3 Å². The molecule has 1 unspecified atom stereocenters. The molecular formula is C50H60FIN4O12S. The second-order valence-corrected chi connectivity index (χ2v) is 21.6. The second kappa shape index (κ2) is 21.0. The number of hydrogen-bond acceptors (Lipinski definition) is 12. The maximum absolute atomic E-state index is 16.7. The van der Waals surface area contributed by atoms with Gasteiger partial charge in [-0.1, -0.05) is 71.4 Å². The molecule has 69 heavy (non-hydrogen) atoms. The molecule has 12 atom stereocenters. The number of carbonyl (C=O) groups is 6. The molecule has 1 heterocycles. The number of aliphatic carboxylic acids is 1. The number of hydrogen-bond donors (Lipinski definition) is 7. The van der Waals surface area contributed by atoms with E-state index < -0.39 is 94.7 Å². The smallest absolute Gasteiger partial charge is 0.305 e. The fraction of sp³-hybridized carbons (Fsp3) is 0.520. The Morgan fingerprint density at radius 3 is 2.51 bits per heavy atom. The predicted octanol–water partition coefficient (Wildman–Crippen LogP) is 5.68. The summed E-state index contributed by atoms with van der Waals surface area (Å²) in [4.78, 5) is 75.7. The highest BCUT2D eigenvalue weighted by Crippen LogP contribution is 2.70. The van der Waals surface area contributed by atoms with E-state index in [0.717, 1.165) is 27.3 Å². The van der Waals surface area contributed by atoms with E-state index in [1.165, 1.54) is 25.5 Å². The third-order valence-electron chi connectivity index (χ3n) is 15.0. The SMILES string of the molecule is C=C1C=C[C@@]2(C)C(=C1)CC[C@@H]1[C@@H]2[C@@H](O)C[C@@]2(C)[C@H]1C[C@H]1O[C@@H](c3c(C)ccc(OCc4cccc(NC(=O)[C@H](C)NC(=O)[C@H](C)NC(=O)CCNC(=O)C(CC(=O)O)SI)c4)c3F)O[C@]12C(=O)CO. The van der Waals surface area contributed by atoms with Gasteiger partial charge in [0.15, 0.2) is 29.2 Å². The van der Waals surface area contributed by atoms with E-state index >= 15 is 4.39 Å². The molecule has 2 aromatic carbocycles. The first kappa shape index (κ1) is 52.2. The molecule has 372 valence electrons. The van der Waals surface area contributed by atoms with Gasteiger partial charge in [0, 0.05) is 35.4 Å². The Labute approximate surface area is 416 Å². The molecule has 4 fully saturated rings. The van der Waals surface area contributed by atoms with E-state index in [9.17, 15) is 39.0 Å². The number of halogens is 2. The van der Waals surface area contributed by atoms with E-state index in [0.29, 0.717) is 23.2 Å². The number of aliphatic hydroxyl groups is 2. The van der Waals surface area contributed by atoms with Gasteiger partial charge in [0.05, 0.1) is 24.2 Å². The molecule has 0 spiro atoms. The summed E-state index contributed by atoms with van der Waals surface area (Å²) in [5.74, 6) is -4.95. The third-order valence-corrected chi connectivity index (χ3v) is 17.4. The summed E-state index contributed by atoms with van der Waals surface area (Å²) in [7, 11) is 1.05. The molecule has 4 aliphatic carbocycles. The number of nitrogens with one attached hydrogen (secondary N) is 4. The third kappa shape index (κ3) is 10.1. The quantitative estimate of drug-likeness (QED) is 0.0891. The Morgan fingerprint density at radius 1 is 1.06 bits per heavy atom. The number of ether oxygens (including phenoxy) is 3. The van der Waals surface area contributed by atoms with Gasteiger partial charge in [0.25, 0.3) is 0 Å². The van der Waals surface area contributed by atoms with Crippen LogP contribution in [0.15, 0.2) is 72.4 Å². The van der Waals surface area contributed by atoms with Gasteiger partial charge >= 0.3 is 5.97 Å². The van der Waals surface area contributed by atoms with Crippen LogP contribution >= 0.6 is 30.1 Å². The molecule has 0 aromatic heterocycles. The highest BCUT2D eigenvalue weighted by atomic mass is 127. The Morgan fingerprint density at radius 2 is 1.80 bits per heavy atom. The summed E-state index contributed by atoms with van der Waals surface area (Å²) in [5, 5.41) is 41.0. The van der Waals surface area contributed by atoms with E-state index in [-0.39, 0.29) is 66.9 Å². The van der Waals surface area contributed by atoms with Crippen LogP contribution < -0.4 is 26.0 Å². The number of carboxylic acid groups (broad SMARTS) is 1. The number of amides is 4. The van der Waals surface area contributed by atoms with Crippen LogP contribution in [0.3, 0.4) is 0 Å². The maximum atomic E-state index is 16.7. The molecule has 19 heteroatoms. The second-order valence-electron chi connectivity index (χ2n) is 19.3. The zero-order valence-corrected chi connectivity index (χ0v) is 42.1. The lowest BCUT2D eigenvalue weighted by atomic mass is 9.46. The zero-order chi connectivity index (χ0) is 50.2. The van der Waals surface area contributed by atoms with Crippen molar-refractivity contribution in [2.75, 3.05) is 18.5 Å². The molecular weight excluding hydrogens is 1030 g/mol. The molecule has 1 saturated heterocycles. The summed E-state index contributed by atoms with van der Waals surface area (Å²) in [6, 6.07) is 7.75. The van der Waals surface area contributed by atoms with Gasteiger partial charge < -0.3 is 50.8 Å². The van der Waals surface area contributed by atoms with Crippen LogP contribution in [0.2, 0.25) is 0 Å². The zero-order valence-electron chi connectivity index (χ0n) is 39.1. The normalized spacial score (nSPS) is 30.0. The summed E-state index contributed by atoms with van der Waals surface area (Å²) in [6.07, 6.45) is 5.14. The van der Waals surface area contributed by atoms with Crippen molar-refractivity contribution in [2.45, 2.75) is 121 Å². The van der Waals surface area contributed by atoms with Crippen molar-refractivity contribution in [2.24, 2.45) is 28.6 Å². The number of aryl methyl sites for hydroxylation is 1. The Balaban J connectivity index is 0.957. The number of ketones is 1. The number of benzene rings is 2. The average Bonchev–Trinajstić information content (AvgIpc) is 3.79. The van der Waals surface area contributed by atoms with Crippen molar-refractivity contribution in [3.63, 3.8) is 0 Å². The average molecular weight is 1090 g/mol. The van der Waals surface area contributed by atoms with Gasteiger partial charge in [-0.15, -0.1) is 0 Å². The summed E-state index contributed by atoms with van der Waals surface area (Å²) in [5.41, 5.74) is 0.709. The van der Waals surface area contributed by atoms with Crippen molar-refractivity contribution in [1.29, 1.82) is 0 Å². The van der Waals surface area contributed by atoms with Crippen molar-refractivity contribution in [3.05, 3.63) is 94.9 Å². The summed E-state index contributed by atoms with van der Waals surface area (Å²) in [6.45, 7) is 11.9. The molecule has 0 bridgehead atoms. The number of rotatable bonds is 18. The van der Waals surface area contributed by atoms with Gasteiger partial charge in [-0.25, -0.2) is 4.39 Å². The molecule has 16 nitrogen and oxygen atoms in total. The minimum Gasteiger partial charge on any atom is -0.486 e. The number of Topliss-reactive ketones (excluding diaryl/α,β-unsaturated/α-hetero) is 1. The maximum Gasteiger partial charge on any atom is 0.305 e. The lowest BCUT2D eigenvalue weighted by Gasteiger charge is -2.59. The fourth-order valence-corrected chi connectivity index (χ4v) is 13.2. The van der Waals surface area contributed by atoms with Gasteiger partial charge in [0.2, 0.25) is 23.6 Å². The fourth-order valence-electron chi connectivity index (χ4n) is 11.6. The number of carboxylic acids is 1. The highest BCUT2D eigenvalue weighted by Gasteiger charge is 2.76. The molecule has 1 aliphatic heterocycles. The van der Waals surface area contributed by atoms with E-state index in [1.54, 1.807) is 37.3 Å². The number of fused-ring (bicyclic) bond motifs is 7. The van der Waals surface area contributed by atoms with Gasteiger partial charge in [-0.3, -0.25) is 28.8 Å². The molecule has 4 amide bonds. The molecule has 5 aliphatic rings. The largest absolute Gasteiger partial charge is 0.486 e. The van der Waals surface area contributed by atoms with Crippen LogP contribution in [-0.2, 0) is 44.8 Å². The Bertz CT molecular complexity index is 2470. The first-order valence-electron chi connectivity index (χ1n) is 23.1. The predicted molar refractivity (Wildman–Crippen MR) is 262 cm³/mol. The molecule has 0 radical (unpaired) electrons. The van der Waals surface area contributed by atoms with Gasteiger partial charge in [-0.05, 0) is 114 Å². The van der Waals surface area contributed by atoms with Gasteiger partial charge in [0.1, 0.15) is 30.5 Å². The minimum absolute atomic E-state index is 0.0350. The minimum atomic E-state index is -1.64. The Hall–Kier alpha value is -4.67. The number of allylic oxidation sites excluding steroid dienone is 5. The lowest BCUT2D eigenvalue weighted by Crippen LogP contribution is -2.63. The van der Waals surface area contributed by atoms with Crippen LogP contribution in [0, 0.1) is 41.3 Å². The van der Waals surface area contributed by atoms with Crippen molar-refractivity contribution in [3.8, 4) is 5.75 Å². The first-order valence-corrected chi connectivity index (χ1v) is 26.5. The van der Waals surface area contributed by atoms with Crippen LogP contribution in [0.5, 0.6) is 5.75 Å². The number of carbonyl (C=O) groups excluding carboxylic acids is 5. The van der Waals surface area contributed by atoms with E-state index in [1.807, 2.05) is 34.2 Å². The molecule has 3 saturated carbocycles. The summed E-state index contributed by atoms with van der Waals surface area (Å²) < 4.78 is 36.0. The first-order chi connectivity index (χ1) is 32.7. The van der Waals surface area contributed by atoms with Crippen molar-refractivity contribution >= 4 is 71.2 Å². The van der Waals surface area contributed by atoms with Crippen LogP contribution in [-0.4, -0.2) is 99.0 Å². The lowest BCUT2D eigenvalue weighted by molar-refractivity contribution is -0.201. The molecule has 7 N–H and O–H groups in total. The van der Waals surface area contributed by atoms with Crippen LogP contribution in [0.4, 0.5) is 10.1 Å². The molecule has 7 rings (SSSR count). The van der Waals surface area contributed by atoms with Gasteiger partial charge in [-0.2, -0.15) is 0 Å². The van der Waals surface area contributed by atoms with Crippen LogP contribution in [0.1, 0.15) is 89.2 Å². The number of aliphatic hydroxyl groups excluding tert-OH is 2. The highest BCUT2D eigenvalue weighted by molar-refractivity contribution is 14.2. The molecule has 2 aromatic rings. The standard InChI is InChI=1S/C50H60FIN4O12S/c1-25-14-16-48(5)30(18-25)11-12-32-33-20-38-50(37(59)23-57,49(33,6)22-34(58)42(32)48)68-47(67-38)41-26(2)10-13-35(43(41)51)66-24-29-8-7-9-31(19-29)56-45(64)28(4)55-44(63)27(3)54-39(60)15-17-53-46(65)36(69-52)21-40(61)62/h7-10,13-14,16,18-19,27-28,32-34,36,38,42,47,57-58H,1,11-12,15,17,20-24H2,2-6H3,(H,53,65)(H,54,60)(H,55,63)(H,56,64)(H,61,62)/t27-,28-,32-,33-,34-,36?,38+,42+,47+,48-,49-,50+/m0/s1. The topological polar surface area (TPSA) is 239 Å². The van der Waals surface area contributed by atoms with E-state index in [2.05, 4.69) is 46.9 Å². The number of anilines is 1. The monoisotopic (exact) mass is 1090 g/mol. The van der Waals surface area contributed by atoms with Crippen LogP contribution in [0.25, 0.3) is 0 Å². The summed E-state index contributed by atoms with van der Waals surface area (Å²) >= 11 is 1.83.